The normalized spacial score (nSPS) is 17.2. The number of rotatable bonds is 5. The van der Waals surface area contributed by atoms with Crippen LogP contribution in [-0.2, 0) is 10.8 Å². The first-order valence-electron chi connectivity index (χ1n) is 15.4. The zero-order chi connectivity index (χ0) is 30.2. The SMILES string of the molecule is CC(C)(C)c1cc(N2C=[N+](c3ccccc3-c3ccccc3)[C@@H](c3ccccc3)[C@@H]2c2ccccc2)cc(C(C)(C)C)c1. The van der Waals surface area contributed by atoms with Gasteiger partial charge in [0.15, 0.2) is 12.1 Å². The quantitative estimate of drug-likeness (QED) is 0.193. The first kappa shape index (κ1) is 28.7. The highest BCUT2D eigenvalue weighted by atomic mass is 15.3. The zero-order valence-corrected chi connectivity index (χ0v) is 26.3. The third kappa shape index (κ3) is 5.79. The summed E-state index contributed by atoms with van der Waals surface area (Å²) in [6.07, 6.45) is 2.37. The first-order chi connectivity index (χ1) is 20.6. The fourth-order valence-corrected chi connectivity index (χ4v) is 6.19. The summed E-state index contributed by atoms with van der Waals surface area (Å²) in [6.45, 7) is 13.9. The van der Waals surface area contributed by atoms with Gasteiger partial charge in [0.25, 0.3) is 0 Å². The van der Waals surface area contributed by atoms with E-state index < -0.39 is 0 Å². The molecule has 2 nitrogen and oxygen atoms in total. The predicted molar refractivity (Wildman–Crippen MR) is 183 cm³/mol. The van der Waals surface area contributed by atoms with Gasteiger partial charge in [-0.15, -0.1) is 0 Å². The summed E-state index contributed by atoms with van der Waals surface area (Å²) in [4.78, 5) is 2.53. The zero-order valence-electron chi connectivity index (χ0n) is 26.3. The maximum Gasteiger partial charge on any atom is 0.245 e. The Balaban J connectivity index is 1.64. The maximum absolute atomic E-state index is 2.53. The lowest BCUT2D eigenvalue weighted by atomic mass is 9.80. The van der Waals surface area contributed by atoms with Crippen molar-refractivity contribution in [2.24, 2.45) is 0 Å². The Hall–Kier alpha value is -4.43. The monoisotopic (exact) mass is 563 g/mol. The second-order valence-electron chi connectivity index (χ2n) is 13.8. The van der Waals surface area contributed by atoms with Crippen LogP contribution < -0.4 is 4.90 Å². The lowest BCUT2D eigenvalue weighted by molar-refractivity contribution is -0.480. The van der Waals surface area contributed by atoms with Gasteiger partial charge in [-0.25, -0.2) is 9.48 Å². The van der Waals surface area contributed by atoms with Crippen LogP contribution in [0, 0.1) is 0 Å². The van der Waals surface area contributed by atoms with Gasteiger partial charge in [0.1, 0.15) is 11.4 Å². The Morgan fingerprint density at radius 2 is 1.02 bits per heavy atom. The lowest BCUT2D eigenvalue weighted by Crippen LogP contribution is -2.27. The van der Waals surface area contributed by atoms with E-state index in [0.717, 1.165) is 0 Å². The van der Waals surface area contributed by atoms with Crippen molar-refractivity contribution in [3.63, 3.8) is 0 Å². The molecule has 0 unspecified atom stereocenters. The van der Waals surface area contributed by atoms with Crippen LogP contribution in [0.15, 0.2) is 133 Å². The molecule has 0 aliphatic carbocycles. The second kappa shape index (κ2) is 11.3. The molecule has 1 heterocycles. The van der Waals surface area contributed by atoms with E-state index in [1.807, 2.05) is 0 Å². The Bertz CT molecular complexity index is 1690. The van der Waals surface area contributed by atoms with Gasteiger partial charge in [0, 0.05) is 16.7 Å². The van der Waals surface area contributed by atoms with Gasteiger partial charge in [-0.05, 0) is 45.7 Å². The topological polar surface area (TPSA) is 6.25 Å². The van der Waals surface area contributed by atoms with Gasteiger partial charge in [-0.2, -0.15) is 0 Å². The van der Waals surface area contributed by atoms with Crippen molar-refractivity contribution in [1.82, 2.24) is 0 Å². The molecule has 0 bridgehead atoms. The van der Waals surface area contributed by atoms with Crippen molar-refractivity contribution in [3.8, 4) is 11.1 Å². The molecule has 216 valence electrons. The van der Waals surface area contributed by atoms with Gasteiger partial charge >= 0.3 is 0 Å². The van der Waals surface area contributed by atoms with Crippen LogP contribution in [0.1, 0.15) is 75.9 Å². The van der Waals surface area contributed by atoms with E-state index in [9.17, 15) is 0 Å². The van der Waals surface area contributed by atoms with Crippen LogP contribution in [0.3, 0.4) is 0 Å². The van der Waals surface area contributed by atoms with Crippen LogP contribution >= 0.6 is 0 Å². The number of hydrogen-bond donors (Lipinski definition) is 0. The molecule has 0 aromatic heterocycles. The molecular weight excluding hydrogens is 520 g/mol. The average molecular weight is 564 g/mol. The molecule has 0 fully saturated rings. The number of para-hydroxylation sites is 1. The Kier molecular flexibility index (Phi) is 7.56. The van der Waals surface area contributed by atoms with Crippen molar-refractivity contribution in [2.75, 3.05) is 4.90 Å². The molecule has 2 heteroatoms. The van der Waals surface area contributed by atoms with E-state index in [1.165, 1.54) is 44.8 Å². The van der Waals surface area contributed by atoms with Gasteiger partial charge in [0.05, 0.1) is 0 Å². The molecular formula is C41H43N2+. The van der Waals surface area contributed by atoms with Gasteiger partial charge in [-0.1, -0.05) is 157 Å². The van der Waals surface area contributed by atoms with E-state index >= 15 is 0 Å². The molecule has 5 aromatic carbocycles. The highest BCUT2D eigenvalue weighted by Gasteiger charge is 2.46. The molecule has 5 aromatic rings. The molecule has 6 rings (SSSR count). The van der Waals surface area contributed by atoms with Crippen molar-refractivity contribution < 1.29 is 4.58 Å². The highest BCUT2D eigenvalue weighted by Crippen LogP contribution is 2.48. The van der Waals surface area contributed by atoms with E-state index in [0.29, 0.717) is 0 Å². The molecule has 2 atom stereocenters. The second-order valence-corrected chi connectivity index (χ2v) is 13.8. The number of hydrogen-bond acceptors (Lipinski definition) is 1. The molecule has 0 radical (unpaired) electrons. The first-order valence-corrected chi connectivity index (χ1v) is 15.4. The summed E-state index contributed by atoms with van der Waals surface area (Å²) >= 11 is 0. The maximum atomic E-state index is 2.53. The minimum atomic E-state index is 0.0242. The lowest BCUT2D eigenvalue weighted by Gasteiger charge is -2.29. The van der Waals surface area contributed by atoms with Crippen molar-refractivity contribution >= 4 is 17.7 Å². The Labute approximate surface area is 258 Å². The predicted octanol–water partition coefficient (Wildman–Crippen LogP) is 10.6. The fourth-order valence-electron chi connectivity index (χ4n) is 6.19. The van der Waals surface area contributed by atoms with Crippen LogP contribution in [0.25, 0.3) is 11.1 Å². The van der Waals surface area contributed by atoms with Gasteiger partial charge in [-0.3, -0.25) is 0 Å². The van der Waals surface area contributed by atoms with E-state index in [4.69, 9.17) is 0 Å². The van der Waals surface area contributed by atoms with E-state index in [2.05, 4.69) is 191 Å². The molecule has 0 spiro atoms. The third-order valence-corrected chi connectivity index (χ3v) is 8.64. The Morgan fingerprint density at radius 3 is 1.58 bits per heavy atom. The van der Waals surface area contributed by atoms with Gasteiger partial charge in [0.2, 0.25) is 6.34 Å². The van der Waals surface area contributed by atoms with E-state index in [1.54, 1.807) is 0 Å². The summed E-state index contributed by atoms with van der Waals surface area (Å²) < 4.78 is 2.51. The number of anilines is 1. The van der Waals surface area contributed by atoms with Crippen LogP contribution in [0.2, 0.25) is 0 Å². The summed E-state index contributed by atoms with van der Waals surface area (Å²) in [5, 5.41) is 0. The number of nitrogens with zero attached hydrogens (tertiary/aromatic N) is 2. The minimum absolute atomic E-state index is 0.0242. The molecule has 1 aliphatic heterocycles. The third-order valence-electron chi connectivity index (χ3n) is 8.64. The standard InChI is InChI=1S/C41H43N2/c1-40(2,3)33-26-34(41(4,5)6)28-35(27-33)42-29-43(37-25-17-16-24-36(37)30-18-10-7-11-19-30)39(32-22-14-9-15-23-32)38(42)31-20-12-8-13-21-31/h7-29,38-39H,1-6H3/q+1/t38-,39-/m0/s1. The average Bonchev–Trinajstić information content (AvgIpc) is 3.42. The summed E-state index contributed by atoms with van der Waals surface area (Å²) in [5.74, 6) is 0. The molecule has 0 amide bonds. The van der Waals surface area contributed by atoms with Crippen LogP contribution in [-0.4, -0.2) is 10.9 Å². The smallest absolute Gasteiger partial charge is 0.222 e. The van der Waals surface area contributed by atoms with E-state index in [-0.39, 0.29) is 22.9 Å². The van der Waals surface area contributed by atoms with Crippen molar-refractivity contribution in [2.45, 2.75) is 64.5 Å². The molecule has 0 saturated carbocycles. The molecule has 0 N–H and O–H groups in total. The number of benzene rings is 5. The van der Waals surface area contributed by atoms with Crippen molar-refractivity contribution in [3.05, 3.63) is 156 Å². The summed E-state index contributed by atoms with van der Waals surface area (Å²) in [6, 6.07) is 49.0. The molecule has 0 saturated heterocycles. The fraction of sp³-hybridized carbons (Fsp3) is 0.244. The Morgan fingerprint density at radius 1 is 0.535 bits per heavy atom. The van der Waals surface area contributed by atoms with Gasteiger partial charge < -0.3 is 0 Å². The summed E-state index contributed by atoms with van der Waals surface area (Å²) in [5.41, 5.74) is 10.2. The highest BCUT2D eigenvalue weighted by molar-refractivity contribution is 5.83. The largest absolute Gasteiger partial charge is 0.245 e. The molecule has 1 aliphatic rings. The molecule has 43 heavy (non-hydrogen) atoms. The summed E-state index contributed by atoms with van der Waals surface area (Å²) in [7, 11) is 0. The van der Waals surface area contributed by atoms with Crippen LogP contribution in [0.5, 0.6) is 0 Å². The van der Waals surface area contributed by atoms with Crippen LogP contribution in [0.4, 0.5) is 11.4 Å². The van der Waals surface area contributed by atoms with Crippen molar-refractivity contribution in [1.29, 1.82) is 0 Å². The minimum Gasteiger partial charge on any atom is -0.222 e.